The van der Waals surface area contributed by atoms with E-state index in [1.165, 1.54) is 30.3 Å². The number of rotatable bonds is 12. The van der Waals surface area contributed by atoms with E-state index in [1.807, 2.05) is 73.7 Å². The van der Waals surface area contributed by atoms with Crippen LogP contribution in [0, 0.1) is 20.2 Å². The summed E-state index contributed by atoms with van der Waals surface area (Å²) in [6.07, 6.45) is 6.53. The lowest BCUT2D eigenvalue weighted by Crippen LogP contribution is -2.14. The molecule has 0 atom stereocenters. The SMILES string of the molecule is CCOc1ccc([N+](=O)[O-])cc1-c1ccc2cc(-c3nc4c(-c5ccc6ncccc6c5)c(C(=O)O)c(-c5cc([N+](=O)[O-])ccc5OCC)cc4n3C3CCCCC3)ccc2n1. The molecule has 0 aliphatic heterocycles. The summed E-state index contributed by atoms with van der Waals surface area (Å²) in [5.74, 6) is 0.212. The van der Waals surface area contributed by atoms with Gasteiger partial charge in [-0.05, 0) is 92.9 Å². The van der Waals surface area contributed by atoms with Crippen LogP contribution in [-0.4, -0.2) is 53.7 Å². The third kappa shape index (κ3) is 7.18. The van der Waals surface area contributed by atoms with E-state index in [-0.39, 0.29) is 40.7 Å². The Morgan fingerprint density at radius 1 is 0.726 bits per heavy atom. The molecule has 1 saturated carbocycles. The van der Waals surface area contributed by atoms with E-state index in [0.717, 1.165) is 54.0 Å². The van der Waals surface area contributed by atoms with Gasteiger partial charge in [-0.3, -0.25) is 25.2 Å². The zero-order chi connectivity index (χ0) is 43.1. The summed E-state index contributed by atoms with van der Waals surface area (Å²) in [4.78, 5) is 51.5. The highest BCUT2D eigenvalue weighted by molar-refractivity contribution is 6.13. The van der Waals surface area contributed by atoms with Gasteiger partial charge in [-0.2, -0.15) is 0 Å². The summed E-state index contributed by atoms with van der Waals surface area (Å²) in [6, 6.07) is 29.4. The van der Waals surface area contributed by atoms with Gasteiger partial charge in [-0.25, -0.2) is 14.8 Å². The molecule has 0 bridgehead atoms. The molecule has 1 N–H and O–H groups in total. The number of nitro groups is 2. The van der Waals surface area contributed by atoms with Crippen molar-refractivity contribution in [3.05, 3.63) is 135 Å². The first-order chi connectivity index (χ1) is 30.1. The molecule has 62 heavy (non-hydrogen) atoms. The van der Waals surface area contributed by atoms with Crippen molar-refractivity contribution in [3.63, 3.8) is 0 Å². The van der Waals surface area contributed by atoms with Gasteiger partial charge in [0.15, 0.2) is 0 Å². The zero-order valence-electron chi connectivity index (χ0n) is 33.9. The number of nitro benzene ring substituents is 2. The van der Waals surface area contributed by atoms with Gasteiger partial charge in [0.05, 0.1) is 56.4 Å². The Balaban J connectivity index is 1.32. The van der Waals surface area contributed by atoms with Gasteiger partial charge < -0.3 is 19.1 Å². The average Bonchev–Trinajstić information content (AvgIpc) is 3.67. The van der Waals surface area contributed by atoms with Gasteiger partial charge in [0.1, 0.15) is 17.3 Å². The molecule has 0 radical (unpaired) electrons. The number of ether oxygens (including phenoxy) is 2. The van der Waals surface area contributed by atoms with Gasteiger partial charge in [-0.1, -0.05) is 37.5 Å². The Hall–Kier alpha value is -7.74. The minimum absolute atomic E-state index is 0.0134. The average molecular weight is 829 g/mol. The number of hydrogen-bond donors (Lipinski definition) is 1. The Morgan fingerprint density at radius 2 is 1.37 bits per heavy atom. The van der Waals surface area contributed by atoms with Crippen molar-refractivity contribution < 1.29 is 29.2 Å². The lowest BCUT2D eigenvalue weighted by molar-refractivity contribution is -0.385. The molecule has 1 fully saturated rings. The second-order valence-corrected chi connectivity index (χ2v) is 15.2. The molecule has 3 heterocycles. The third-order valence-electron chi connectivity index (χ3n) is 11.5. The van der Waals surface area contributed by atoms with E-state index in [0.29, 0.717) is 62.9 Å². The van der Waals surface area contributed by atoms with Crippen LogP contribution in [0.5, 0.6) is 11.5 Å². The quantitative estimate of drug-likeness (QED) is 0.0912. The molecule has 310 valence electrons. The van der Waals surface area contributed by atoms with Gasteiger partial charge in [0, 0.05) is 75.1 Å². The van der Waals surface area contributed by atoms with E-state index < -0.39 is 15.8 Å². The summed E-state index contributed by atoms with van der Waals surface area (Å²) in [7, 11) is 0. The van der Waals surface area contributed by atoms with Gasteiger partial charge in [0.25, 0.3) is 11.4 Å². The number of nitrogens with zero attached hydrogens (tertiary/aromatic N) is 6. The molecule has 3 aromatic heterocycles. The van der Waals surface area contributed by atoms with Crippen molar-refractivity contribution in [3.8, 4) is 56.4 Å². The number of carbonyl (C=O) groups is 1. The number of fused-ring (bicyclic) bond motifs is 3. The molecular weight excluding hydrogens is 789 g/mol. The number of aromatic nitrogens is 4. The molecule has 8 aromatic rings. The zero-order valence-corrected chi connectivity index (χ0v) is 33.9. The highest BCUT2D eigenvalue weighted by Gasteiger charge is 2.31. The Bertz CT molecular complexity index is 3100. The van der Waals surface area contributed by atoms with Crippen LogP contribution in [0.4, 0.5) is 11.4 Å². The Kier molecular flexibility index (Phi) is 10.5. The van der Waals surface area contributed by atoms with Crippen LogP contribution < -0.4 is 9.47 Å². The Labute approximate surface area is 354 Å². The van der Waals surface area contributed by atoms with Crippen molar-refractivity contribution in [1.82, 2.24) is 19.5 Å². The second kappa shape index (κ2) is 16.4. The van der Waals surface area contributed by atoms with E-state index in [4.69, 9.17) is 19.4 Å². The van der Waals surface area contributed by atoms with Crippen molar-refractivity contribution in [2.75, 3.05) is 13.2 Å². The van der Waals surface area contributed by atoms with E-state index in [9.17, 15) is 30.1 Å². The van der Waals surface area contributed by atoms with Crippen LogP contribution in [0.25, 0.3) is 77.7 Å². The number of imidazole rings is 1. The summed E-state index contributed by atoms with van der Waals surface area (Å²) in [6.45, 7) is 4.27. The standard InChI is InChI=1S/C48H40N6O8/c1-3-61-42-20-15-33(53(57)58)25-35(42)36-27-41-46(44(45(36)48(55)56)30-13-17-38-28(23-30)9-8-22-49-38)51-47(52(41)32-10-6-5-7-11-32)31-14-18-39-29(24-31)12-19-40(50-39)37-26-34(54(59)60)16-21-43(37)62-4-2/h8-9,12-27,32H,3-7,10-11H2,1-2H3,(H,55,56). The molecule has 9 rings (SSSR count). The molecule has 1 aliphatic rings. The summed E-state index contributed by atoms with van der Waals surface area (Å²) >= 11 is 0. The topological polar surface area (TPSA) is 186 Å². The van der Waals surface area contributed by atoms with E-state index in [2.05, 4.69) is 9.55 Å². The predicted molar refractivity (Wildman–Crippen MR) is 237 cm³/mol. The first-order valence-electron chi connectivity index (χ1n) is 20.5. The fraction of sp³-hybridized carbons (Fsp3) is 0.208. The van der Waals surface area contributed by atoms with E-state index >= 15 is 0 Å². The summed E-state index contributed by atoms with van der Waals surface area (Å²) in [5.41, 5.74) is 5.52. The smallest absolute Gasteiger partial charge is 0.337 e. The Morgan fingerprint density at radius 3 is 2.06 bits per heavy atom. The third-order valence-corrected chi connectivity index (χ3v) is 11.5. The molecule has 5 aromatic carbocycles. The summed E-state index contributed by atoms with van der Waals surface area (Å²) in [5, 5.41) is 36.7. The van der Waals surface area contributed by atoms with Crippen LogP contribution in [0.2, 0.25) is 0 Å². The van der Waals surface area contributed by atoms with Gasteiger partial charge in [0.2, 0.25) is 0 Å². The lowest BCUT2D eigenvalue weighted by Gasteiger charge is -2.26. The molecule has 0 amide bonds. The number of benzene rings is 5. The number of non-ortho nitro benzene ring substituents is 2. The van der Waals surface area contributed by atoms with E-state index in [1.54, 1.807) is 19.2 Å². The molecule has 14 nitrogen and oxygen atoms in total. The molecule has 0 unspecified atom stereocenters. The maximum absolute atomic E-state index is 13.8. The monoisotopic (exact) mass is 828 g/mol. The first-order valence-corrected chi connectivity index (χ1v) is 20.5. The number of carboxylic acid groups (broad SMARTS) is 1. The largest absolute Gasteiger partial charge is 0.493 e. The van der Waals surface area contributed by atoms with Crippen LogP contribution in [0.1, 0.15) is 62.4 Å². The maximum Gasteiger partial charge on any atom is 0.337 e. The molecule has 14 heteroatoms. The maximum atomic E-state index is 13.8. The molecule has 0 spiro atoms. The van der Waals surface area contributed by atoms with Crippen molar-refractivity contribution in [2.45, 2.75) is 52.0 Å². The van der Waals surface area contributed by atoms with Crippen molar-refractivity contribution in [1.29, 1.82) is 0 Å². The number of carboxylic acids is 1. The highest BCUT2D eigenvalue weighted by atomic mass is 16.6. The molecular formula is C48H40N6O8. The van der Waals surface area contributed by atoms with Crippen LogP contribution in [-0.2, 0) is 0 Å². The normalized spacial score (nSPS) is 13.1. The second-order valence-electron chi connectivity index (χ2n) is 15.2. The summed E-state index contributed by atoms with van der Waals surface area (Å²) < 4.78 is 14.1. The van der Waals surface area contributed by atoms with Crippen LogP contribution in [0.3, 0.4) is 0 Å². The number of aromatic carboxylic acids is 1. The first kappa shape index (κ1) is 39.7. The van der Waals surface area contributed by atoms with Gasteiger partial charge in [-0.15, -0.1) is 0 Å². The molecule has 1 aliphatic carbocycles. The fourth-order valence-corrected chi connectivity index (χ4v) is 8.74. The van der Waals surface area contributed by atoms with Gasteiger partial charge >= 0.3 is 5.97 Å². The minimum Gasteiger partial charge on any atom is -0.493 e. The van der Waals surface area contributed by atoms with Crippen molar-refractivity contribution >= 4 is 50.2 Å². The van der Waals surface area contributed by atoms with Crippen LogP contribution in [0.15, 0.2) is 109 Å². The fourth-order valence-electron chi connectivity index (χ4n) is 8.74. The predicted octanol–water partition coefficient (Wildman–Crippen LogP) is 11.6. The van der Waals surface area contributed by atoms with Crippen molar-refractivity contribution in [2.24, 2.45) is 0 Å². The minimum atomic E-state index is -1.23. The highest BCUT2D eigenvalue weighted by Crippen LogP contribution is 2.46. The number of pyridine rings is 2. The lowest BCUT2D eigenvalue weighted by atomic mass is 9.89. The molecule has 0 saturated heterocycles. The number of hydrogen-bond acceptors (Lipinski definition) is 10. The van der Waals surface area contributed by atoms with Crippen LogP contribution >= 0.6 is 0 Å².